The van der Waals surface area contributed by atoms with Crippen LogP contribution in [0.5, 0.6) is 0 Å². The fourth-order valence-electron chi connectivity index (χ4n) is 2.97. The van der Waals surface area contributed by atoms with Crippen LogP contribution in [-0.4, -0.2) is 25.6 Å². The lowest BCUT2D eigenvalue weighted by atomic mass is 10.1. The molecule has 0 saturated carbocycles. The van der Waals surface area contributed by atoms with Crippen molar-refractivity contribution < 1.29 is 10.2 Å². The van der Waals surface area contributed by atoms with Crippen molar-refractivity contribution in [1.29, 1.82) is 0 Å². The predicted octanol–water partition coefficient (Wildman–Crippen LogP) is 1.87. The van der Waals surface area contributed by atoms with Crippen molar-refractivity contribution in [3.63, 3.8) is 0 Å². The fraction of sp³-hybridized carbons (Fsp3) is 0.263. The van der Waals surface area contributed by atoms with Gasteiger partial charge in [0.1, 0.15) is 5.82 Å². The molecule has 1 aliphatic rings. The second kappa shape index (κ2) is 6.12. The van der Waals surface area contributed by atoms with Gasteiger partial charge in [0.15, 0.2) is 5.79 Å². The van der Waals surface area contributed by atoms with E-state index in [1.54, 1.807) is 22.0 Å². The fourth-order valence-corrected chi connectivity index (χ4v) is 3.56. The van der Waals surface area contributed by atoms with Gasteiger partial charge in [0.05, 0.1) is 10.9 Å². The normalized spacial score (nSPS) is 15.9. The highest BCUT2D eigenvalue weighted by Gasteiger charge is 2.28. The number of hydrogen-bond donors (Lipinski definition) is 2. The summed E-state index contributed by atoms with van der Waals surface area (Å²) >= 11 is 1.60. The van der Waals surface area contributed by atoms with Gasteiger partial charge in [-0.2, -0.15) is 11.3 Å². The van der Waals surface area contributed by atoms with Gasteiger partial charge in [0, 0.05) is 42.3 Å². The quantitative estimate of drug-likeness (QED) is 0.478. The van der Waals surface area contributed by atoms with Crippen molar-refractivity contribution in [2.75, 3.05) is 0 Å². The van der Waals surface area contributed by atoms with Crippen LogP contribution in [0.25, 0.3) is 10.9 Å². The lowest BCUT2D eigenvalue weighted by Gasteiger charge is -2.17. The molecule has 0 saturated heterocycles. The largest absolute Gasteiger partial charge is 0.366 e. The van der Waals surface area contributed by atoms with E-state index in [-0.39, 0.29) is 24.9 Å². The zero-order chi connectivity index (χ0) is 17.4. The Bertz CT molecular complexity index is 1060. The molecule has 2 aromatic heterocycles. The van der Waals surface area contributed by atoms with Crippen molar-refractivity contribution in [2.24, 2.45) is 0 Å². The molecule has 1 aliphatic heterocycles. The number of aliphatic hydroxyl groups is 2. The van der Waals surface area contributed by atoms with Crippen LogP contribution in [0.2, 0.25) is 0 Å². The molecule has 4 rings (SSSR count). The van der Waals surface area contributed by atoms with Crippen molar-refractivity contribution in [1.82, 2.24) is 9.55 Å². The smallest absolute Gasteiger partial charge is 0.261 e. The first-order valence-electron chi connectivity index (χ1n) is 8.04. The van der Waals surface area contributed by atoms with Crippen molar-refractivity contribution in [2.45, 2.75) is 31.6 Å². The highest BCUT2D eigenvalue weighted by molar-refractivity contribution is 7.08. The summed E-state index contributed by atoms with van der Waals surface area (Å²) < 4.78 is 1.55. The SMILES string of the molecule is O=c1c2ccc(C#Cc3ccsc3)cc2nc2n1CCC(O)(O)CC2. The minimum absolute atomic E-state index is 0.122. The molecule has 5 nitrogen and oxygen atoms in total. The number of thiophene rings is 1. The molecule has 3 heterocycles. The molecule has 0 unspecified atom stereocenters. The standard InChI is InChI=1S/C19H16N2O3S/c22-18-15-4-3-13(1-2-14-6-10-25-12-14)11-16(15)20-17-5-7-19(23,24)8-9-21(17)18/h3-4,6,10-12,23-24H,5,7-9H2. The van der Waals surface area contributed by atoms with E-state index in [4.69, 9.17) is 0 Å². The Hall–Kier alpha value is -2.46. The van der Waals surface area contributed by atoms with Gasteiger partial charge in [-0.3, -0.25) is 9.36 Å². The molecule has 0 radical (unpaired) electrons. The van der Waals surface area contributed by atoms with E-state index in [2.05, 4.69) is 16.8 Å². The molecule has 0 aliphatic carbocycles. The van der Waals surface area contributed by atoms with Gasteiger partial charge in [-0.05, 0) is 29.6 Å². The lowest BCUT2D eigenvalue weighted by molar-refractivity contribution is -0.169. The highest BCUT2D eigenvalue weighted by Crippen LogP contribution is 2.21. The second-order valence-electron chi connectivity index (χ2n) is 6.21. The van der Waals surface area contributed by atoms with Gasteiger partial charge in [0.2, 0.25) is 0 Å². The summed E-state index contributed by atoms with van der Waals surface area (Å²) in [6, 6.07) is 7.33. The third-order valence-electron chi connectivity index (χ3n) is 4.39. The molecule has 0 fully saturated rings. The maximum atomic E-state index is 12.7. The average molecular weight is 352 g/mol. The van der Waals surface area contributed by atoms with Crippen molar-refractivity contribution in [3.8, 4) is 11.8 Å². The molecular weight excluding hydrogens is 336 g/mol. The summed E-state index contributed by atoms with van der Waals surface area (Å²) in [5.74, 6) is 5.02. The van der Waals surface area contributed by atoms with Gasteiger partial charge < -0.3 is 10.2 Å². The van der Waals surface area contributed by atoms with E-state index in [1.807, 2.05) is 29.0 Å². The molecule has 6 heteroatoms. The number of nitrogens with zero attached hydrogens (tertiary/aromatic N) is 2. The Morgan fingerprint density at radius 2 is 2.00 bits per heavy atom. The monoisotopic (exact) mass is 352 g/mol. The minimum atomic E-state index is -1.75. The number of hydrogen-bond acceptors (Lipinski definition) is 5. The first-order valence-corrected chi connectivity index (χ1v) is 8.99. The Balaban J connectivity index is 1.78. The van der Waals surface area contributed by atoms with Gasteiger partial charge in [0.25, 0.3) is 5.56 Å². The minimum Gasteiger partial charge on any atom is -0.366 e. The number of benzene rings is 1. The molecule has 3 aromatic rings. The Labute approximate surface area is 148 Å². The maximum absolute atomic E-state index is 12.7. The van der Waals surface area contributed by atoms with Crippen LogP contribution in [0, 0.1) is 11.8 Å². The van der Waals surface area contributed by atoms with E-state index < -0.39 is 5.79 Å². The molecule has 0 amide bonds. The van der Waals surface area contributed by atoms with Gasteiger partial charge in [-0.25, -0.2) is 4.98 Å². The van der Waals surface area contributed by atoms with Gasteiger partial charge in [-0.15, -0.1) is 0 Å². The molecular formula is C19H16N2O3S. The number of aryl methyl sites for hydroxylation is 1. The first-order chi connectivity index (χ1) is 12.0. The molecule has 0 atom stereocenters. The summed E-state index contributed by atoms with van der Waals surface area (Å²) in [4.78, 5) is 17.3. The van der Waals surface area contributed by atoms with Crippen LogP contribution in [-0.2, 0) is 13.0 Å². The molecule has 0 spiro atoms. The van der Waals surface area contributed by atoms with E-state index in [9.17, 15) is 15.0 Å². The molecule has 1 aromatic carbocycles. The third-order valence-corrected chi connectivity index (χ3v) is 5.07. The number of aromatic nitrogens is 2. The number of rotatable bonds is 0. The van der Waals surface area contributed by atoms with E-state index in [1.165, 1.54) is 0 Å². The second-order valence-corrected chi connectivity index (χ2v) is 6.99. The van der Waals surface area contributed by atoms with Crippen LogP contribution >= 0.6 is 11.3 Å². The zero-order valence-electron chi connectivity index (χ0n) is 13.4. The van der Waals surface area contributed by atoms with Crippen LogP contribution in [0.4, 0.5) is 0 Å². The average Bonchev–Trinajstić information content (AvgIpc) is 3.05. The summed E-state index contributed by atoms with van der Waals surface area (Å²) in [5.41, 5.74) is 2.21. The first kappa shape index (κ1) is 16.0. The van der Waals surface area contributed by atoms with Crippen LogP contribution in [0.15, 0.2) is 39.8 Å². The Kier molecular flexibility index (Phi) is 3.92. The number of fused-ring (bicyclic) bond motifs is 2. The summed E-state index contributed by atoms with van der Waals surface area (Å²) in [5, 5.41) is 24.2. The van der Waals surface area contributed by atoms with E-state index in [0.29, 0.717) is 23.1 Å². The van der Waals surface area contributed by atoms with E-state index >= 15 is 0 Å². The lowest BCUT2D eigenvalue weighted by Crippen LogP contribution is -2.29. The molecule has 126 valence electrons. The van der Waals surface area contributed by atoms with Crippen LogP contribution in [0.1, 0.15) is 29.8 Å². The molecule has 25 heavy (non-hydrogen) atoms. The van der Waals surface area contributed by atoms with Crippen molar-refractivity contribution >= 4 is 22.2 Å². The Morgan fingerprint density at radius 3 is 2.80 bits per heavy atom. The third kappa shape index (κ3) is 3.22. The summed E-state index contributed by atoms with van der Waals surface area (Å²) in [6.45, 7) is 0.254. The maximum Gasteiger partial charge on any atom is 0.261 e. The van der Waals surface area contributed by atoms with Crippen molar-refractivity contribution in [3.05, 3.63) is 62.3 Å². The van der Waals surface area contributed by atoms with Crippen LogP contribution in [0.3, 0.4) is 0 Å². The highest BCUT2D eigenvalue weighted by atomic mass is 32.1. The molecule has 0 bridgehead atoms. The topological polar surface area (TPSA) is 75.4 Å². The Morgan fingerprint density at radius 1 is 1.16 bits per heavy atom. The van der Waals surface area contributed by atoms with Crippen LogP contribution < -0.4 is 5.56 Å². The van der Waals surface area contributed by atoms with E-state index in [0.717, 1.165) is 11.1 Å². The van der Waals surface area contributed by atoms with Gasteiger partial charge in [-0.1, -0.05) is 11.8 Å². The van der Waals surface area contributed by atoms with Gasteiger partial charge >= 0.3 is 0 Å². The molecule has 2 N–H and O–H groups in total. The summed E-state index contributed by atoms with van der Waals surface area (Å²) in [6.07, 6.45) is 0.642. The summed E-state index contributed by atoms with van der Waals surface area (Å²) in [7, 11) is 0. The zero-order valence-corrected chi connectivity index (χ0v) is 14.2. The predicted molar refractivity (Wildman–Crippen MR) is 96.4 cm³/mol.